The van der Waals surface area contributed by atoms with Gasteiger partial charge in [0.2, 0.25) is 0 Å². The number of nitrogens with zero attached hydrogens (tertiary/aromatic N) is 2. The SMILES string of the molecule is Cc1cc(C)c(N2C=CN(c3c(C)cc(C)cc3C)C2=C2C(=C=Cc3ccccc3)C(Cl)(P(C3CCCCC3)C3CCCCC3)CCC2Cl)c(C)c1.[Ru]. The van der Waals surface area contributed by atoms with E-state index >= 15 is 0 Å². The van der Waals surface area contributed by atoms with Crippen LogP contribution in [0.15, 0.2) is 89.7 Å². The van der Waals surface area contributed by atoms with E-state index in [1.54, 1.807) is 0 Å². The fourth-order valence-electron chi connectivity index (χ4n) is 10.1. The second-order valence-electron chi connectivity index (χ2n) is 16.1. The maximum Gasteiger partial charge on any atom is 0.127 e. The van der Waals surface area contributed by atoms with Gasteiger partial charge in [0.05, 0.1) is 21.4 Å². The molecule has 0 radical (unpaired) electrons. The molecule has 1 heterocycles. The summed E-state index contributed by atoms with van der Waals surface area (Å²) in [5.41, 5.74) is 18.9. The zero-order valence-electron chi connectivity index (χ0n) is 32.6. The van der Waals surface area contributed by atoms with Gasteiger partial charge in [-0.05, 0) is 125 Å². The first-order valence-corrected chi connectivity index (χ1v) is 22.2. The number of rotatable bonds is 6. The standard InChI is InChI=1S/C47H57Cl2N2P.Ru/c1-32-28-34(3)44(35(4)29-32)50-26-27-51(45-36(5)30-33(2)31-37(45)6)46(50)43-41(23-22-38-16-10-7-11-17-38)47(49,25-24-42(43)48)52(39-18-12-8-13-19-39)40-20-14-9-15-21-40;/h7,10-11,16-17,22,26-31,39-40,42H,8-9,12-15,18-21,24-25H2,1-6H3;. The zero-order valence-corrected chi connectivity index (χ0v) is 36.7. The summed E-state index contributed by atoms with van der Waals surface area (Å²) in [4.78, 5) is 4.87. The number of hydrogen-bond donors (Lipinski definition) is 0. The molecule has 282 valence electrons. The smallest absolute Gasteiger partial charge is 0.127 e. The zero-order chi connectivity index (χ0) is 36.6. The van der Waals surface area contributed by atoms with E-state index in [9.17, 15) is 0 Å². The Bertz CT molecular complexity index is 1780. The Kier molecular flexibility index (Phi) is 13.3. The first-order valence-electron chi connectivity index (χ1n) is 19.9. The number of allylic oxidation sites excluding steroid dienone is 2. The van der Waals surface area contributed by atoms with Crippen LogP contribution in [0.2, 0.25) is 0 Å². The summed E-state index contributed by atoms with van der Waals surface area (Å²) in [6, 6.07) is 19.9. The van der Waals surface area contributed by atoms with Gasteiger partial charge in [0.1, 0.15) is 5.82 Å². The molecule has 0 saturated heterocycles. The molecule has 1 aliphatic heterocycles. The van der Waals surface area contributed by atoms with Crippen molar-refractivity contribution in [3.63, 3.8) is 0 Å². The van der Waals surface area contributed by atoms with Crippen LogP contribution in [0.5, 0.6) is 0 Å². The molecule has 3 saturated carbocycles. The number of alkyl halides is 2. The minimum atomic E-state index is -0.552. The molecule has 3 aromatic rings. The summed E-state index contributed by atoms with van der Waals surface area (Å²) in [6.45, 7) is 13.4. The van der Waals surface area contributed by atoms with Crippen LogP contribution < -0.4 is 9.80 Å². The van der Waals surface area contributed by atoms with Gasteiger partial charge in [-0.1, -0.05) is 112 Å². The third-order valence-corrected chi connectivity index (χ3v) is 17.3. The van der Waals surface area contributed by atoms with Crippen LogP contribution in [-0.2, 0) is 19.5 Å². The Morgan fingerprint density at radius 1 is 0.679 bits per heavy atom. The van der Waals surface area contributed by atoms with Gasteiger partial charge >= 0.3 is 0 Å². The molecule has 53 heavy (non-hydrogen) atoms. The third kappa shape index (κ3) is 8.23. The topological polar surface area (TPSA) is 6.48 Å². The van der Waals surface area contributed by atoms with Gasteiger partial charge in [-0.15, -0.1) is 28.9 Å². The Hall–Kier alpha value is -2.11. The Morgan fingerprint density at radius 3 is 1.58 bits per heavy atom. The minimum Gasteiger partial charge on any atom is -0.301 e. The summed E-state index contributed by atoms with van der Waals surface area (Å²) in [7, 11) is -0.552. The molecule has 7 rings (SSSR count). The van der Waals surface area contributed by atoms with Crippen LogP contribution in [-0.4, -0.2) is 21.3 Å². The van der Waals surface area contributed by atoms with E-state index in [0.29, 0.717) is 11.3 Å². The largest absolute Gasteiger partial charge is 0.301 e. The molecule has 0 N–H and O–H groups in total. The van der Waals surface area contributed by atoms with E-state index in [1.165, 1.54) is 109 Å². The number of halogens is 2. The predicted molar refractivity (Wildman–Crippen MR) is 228 cm³/mol. The normalized spacial score (nSPS) is 22.7. The van der Waals surface area contributed by atoms with Gasteiger partial charge in [0, 0.05) is 43.0 Å². The molecule has 2 unspecified atom stereocenters. The van der Waals surface area contributed by atoms with Crippen molar-refractivity contribution in [2.45, 2.75) is 140 Å². The van der Waals surface area contributed by atoms with Crippen molar-refractivity contribution in [2.24, 2.45) is 0 Å². The minimum absolute atomic E-state index is 0. The van der Waals surface area contributed by atoms with Gasteiger partial charge in [-0.3, -0.25) is 0 Å². The van der Waals surface area contributed by atoms with Crippen LogP contribution in [0.25, 0.3) is 6.08 Å². The molecule has 0 amide bonds. The molecule has 4 aliphatic rings. The maximum absolute atomic E-state index is 8.59. The second-order valence-corrected chi connectivity index (χ2v) is 20.6. The van der Waals surface area contributed by atoms with Gasteiger partial charge in [0.25, 0.3) is 0 Å². The van der Waals surface area contributed by atoms with Crippen LogP contribution in [0, 0.1) is 41.5 Å². The van der Waals surface area contributed by atoms with E-state index < -0.39 is 12.5 Å². The summed E-state index contributed by atoms with van der Waals surface area (Å²) >= 11 is 16.4. The van der Waals surface area contributed by atoms with Crippen LogP contribution >= 0.6 is 31.1 Å². The molecule has 0 spiro atoms. The van der Waals surface area contributed by atoms with Crippen molar-refractivity contribution in [1.29, 1.82) is 0 Å². The van der Waals surface area contributed by atoms with Crippen LogP contribution in [0.4, 0.5) is 11.4 Å². The van der Waals surface area contributed by atoms with E-state index in [1.807, 2.05) is 0 Å². The Morgan fingerprint density at radius 2 is 1.13 bits per heavy atom. The third-order valence-electron chi connectivity index (χ3n) is 12.0. The van der Waals surface area contributed by atoms with E-state index in [2.05, 4.69) is 130 Å². The number of benzene rings is 3. The second kappa shape index (κ2) is 17.4. The van der Waals surface area contributed by atoms with Crippen molar-refractivity contribution in [3.05, 3.63) is 129 Å². The van der Waals surface area contributed by atoms with Crippen molar-refractivity contribution >= 4 is 48.6 Å². The quantitative estimate of drug-likeness (QED) is 0.105. The Balaban J connectivity index is 0.00000481. The summed E-state index contributed by atoms with van der Waals surface area (Å²) < 4.78 is -0.507. The monoisotopic (exact) mass is 852 g/mol. The van der Waals surface area contributed by atoms with E-state index in [-0.39, 0.29) is 24.9 Å². The molecule has 2 atom stereocenters. The molecule has 0 bridgehead atoms. The summed E-state index contributed by atoms with van der Waals surface area (Å²) in [5.74, 6) is 1.11. The molecule has 3 aliphatic carbocycles. The molecular weight excluding hydrogens is 795 g/mol. The fourth-order valence-corrected chi connectivity index (χ4v) is 15.9. The average molecular weight is 853 g/mol. The number of anilines is 2. The summed E-state index contributed by atoms with van der Waals surface area (Å²) in [5, 5.41) is -0.204. The van der Waals surface area contributed by atoms with Crippen LogP contribution in [0.3, 0.4) is 0 Å². The van der Waals surface area contributed by atoms with Crippen LogP contribution in [0.1, 0.15) is 116 Å². The average Bonchev–Trinajstić information content (AvgIpc) is 3.52. The van der Waals surface area contributed by atoms with Gasteiger partial charge < -0.3 is 9.80 Å². The fraction of sp³-hybridized carbons (Fsp3) is 0.468. The van der Waals surface area contributed by atoms with Crippen molar-refractivity contribution in [3.8, 4) is 0 Å². The molecule has 3 fully saturated rings. The maximum atomic E-state index is 8.59. The van der Waals surface area contributed by atoms with Gasteiger partial charge in [-0.25, -0.2) is 0 Å². The molecule has 3 aromatic carbocycles. The Labute approximate surface area is 344 Å². The number of aryl methyl sites for hydroxylation is 6. The number of hydrogen-bond acceptors (Lipinski definition) is 2. The first-order chi connectivity index (χ1) is 25.1. The van der Waals surface area contributed by atoms with E-state index in [4.69, 9.17) is 23.2 Å². The first kappa shape index (κ1) is 40.6. The predicted octanol–water partition coefficient (Wildman–Crippen LogP) is 14.3. The van der Waals surface area contributed by atoms with Crippen molar-refractivity contribution in [2.75, 3.05) is 9.80 Å². The van der Waals surface area contributed by atoms with Crippen molar-refractivity contribution in [1.82, 2.24) is 0 Å². The molecular formula is C47H57Cl2N2PRu. The molecule has 2 nitrogen and oxygen atoms in total. The van der Waals surface area contributed by atoms with Gasteiger partial charge in [-0.2, -0.15) is 0 Å². The van der Waals surface area contributed by atoms with E-state index in [0.717, 1.165) is 35.4 Å². The van der Waals surface area contributed by atoms with Gasteiger partial charge in [0.15, 0.2) is 0 Å². The molecule has 6 heteroatoms. The summed E-state index contributed by atoms with van der Waals surface area (Å²) in [6.07, 6.45) is 21.8. The van der Waals surface area contributed by atoms with Crippen molar-refractivity contribution < 1.29 is 19.5 Å². The molecule has 0 aromatic heterocycles.